The van der Waals surface area contributed by atoms with Gasteiger partial charge in [-0.3, -0.25) is 0 Å². The molecule has 0 aromatic rings. The Morgan fingerprint density at radius 1 is 1.27 bits per heavy atom. The highest BCUT2D eigenvalue weighted by atomic mass is 32.2. The van der Waals surface area contributed by atoms with Crippen LogP contribution in [0.3, 0.4) is 0 Å². The number of ether oxygens (including phenoxy) is 1. The molecule has 1 atom stereocenters. The first-order valence-corrected chi connectivity index (χ1v) is 8.00. The predicted molar refractivity (Wildman–Crippen MR) is 72.2 cm³/mol. The van der Waals surface area contributed by atoms with E-state index < -0.39 is 32.8 Å². The molecule has 1 rings (SSSR count). The zero-order valence-electron chi connectivity index (χ0n) is 12.8. The molecular formula is C13H19F3O5S. The number of hydrogen-bond acceptors (Lipinski definition) is 5. The van der Waals surface area contributed by atoms with Crippen molar-refractivity contribution in [3.63, 3.8) is 0 Å². The molecule has 0 fully saturated rings. The van der Waals surface area contributed by atoms with E-state index >= 15 is 0 Å². The van der Waals surface area contributed by atoms with E-state index in [1.165, 1.54) is 20.8 Å². The van der Waals surface area contributed by atoms with Crippen molar-refractivity contribution >= 4 is 16.1 Å². The van der Waals surface area contributed by atoms with Gasteiger partial charge < -0.3 is 4.74 Å². The third-order valence-electron chi connectivity index (χ3n) is 2.93. The van der Waals surface area contributed by atoms with Crippen molar-refractivity contribution in [3.8, 4) is 0 Å². The van der Waals surface area contributed by atoms with Crippen LogP contribution in [0.15, 0.2) is 11.6 Å². The molecule has 0 saturated carbocycles. The summed E-state index contributed by atoms with van der Waals surface area (Å²) in [5.41, 5.74) is -8.20. The van der Waals surface area contributed by atoms with E-state index in [1.807, 2.05) is 0 Å². The highest BCUT2D eigenvalue weighted by Gasteiger charge is 2.56. The summed E-state index contributed by atoms with van der Waals surface area (Å²) in [5, 5.41) is 0. The topological polar surface area (TPSA) is 69.7 Å². The first-order chi connectivity index (χ1) is 9.69. The van der Waals surface area contributed by atoms with Crippen LogP contribution in [0.1, 0.15) is 47.0 Å². The van der Waals surface area contributed by atoms with Crippen LogP contribution in [0.4, 0.5) is 13.2 Å². The third kappa shape index (κ3) is 4.45. The fourth-order valence-electron chi connectivity index (χ4n) is 2.07. The number of hydrogen-bond donors (Lipinski definition) is 0. The first-order valence-electron chi connectivity index (χ1n) is 6.60. The molecule has 0 N–H and O–H groups in total. The maximum atomic E-state index is 12.6. The van der Waals surface area contributed by atoms with Crippen molar-refractivity contribution in [1.29, 1.82) is 0 Å². The molecule has 0 spiro atoms. The molecule has 1 aliphatic carbocycles. The van der Waals surface area contributed by atoms with Crippen LogP contribution in [0.2, 0.25) is 0 Å². The second kappa shape index (κ2) is 5.84. The molecule has 1 unspecified atom stereocenters. The van der Waals surface area contributed by atoms with Gasteiger partial charge in [0.05, 0.1) is 0 Å². The van der Waals surface area contributed by atoms with Crippen molar-refractivity contribution in [2.45, 2.75) is 63.7 Å². The Kier molecular flexibility index (Phi) is 5.03. The highest BCUT2D eigenvalue weighted by molar-refractivity contribution is 7.87. The molecule has 0 aromatic heterocycles. The Bertz CT molecular complexity index is 571. The van der Waals surface area contributed by atoms with Crippen LogP contribution in [-0.2, 0) is 23.8 Å². The standard InChI is InChI=1S/C13H19F3O5S/c1-9-6-5-7-12(8-9,10(17)20-11(2,3)4)21-22(18,19)13(14,15)16/h6H,5,7-8H2,1-4H3. The van der Waals surface area contributed by atoms with Gasteiger partial charge in [0.15, 0.2) is 5.60 Å². The molecule has 0 aromatic carbocycles. The molecule has 0 amide bonds. The number of carbonyl (C=O) groups excluding carboxylic acids is 1. The van der Waals surface area contributed by atoms with Gasteiger partial charge in [-0.25, -0.2) is 8.98 Å². The van der Waals surface area contributed by atoms with Gasteiger partial charge >= 0.3 is 21.6 Å². The minimum absolute atomic E-state index is 0.200. The second-order valence-corrected chi connectivity index (χ2v) is 7.78. The molecule has 0 aliphatic heterocycles. The molecule has 128 valence electrons. The van der Waals surface area contributed by atoms with Gasteiger partial charge in [-0.15, -0.1) is 0 Å². The monoisotopic (exact) mass is 344 g/mol. The van der Waals surface area contributed by atoms with Gasteiger partial charge in [0, 0.05) is 6.42 Å². The zero-order chi connectivity index (χ0) is 17.4. The number of allylic oxidation sites excluding steroid dienone is 1. The molecule has 5 nitrogen and oxygen atoms in total. The Labute approximate surface area is 127 Å². The number of rotatable bonds is 3. The summed E-state index contributed by atoms with van der Waals surface area (Å²) in [6, 6.07) is 0. The summed E-state index contributed by atoms with van der Waals surface area (Å²) in [6.07, 6.45) is 1.47. The lowest BCUT2D eigenvalue weighted by Gasteiger charge is -2.35. The van der Waals surface area contributed by atoms with Crippen molar-refractivity contribution in [3.05, 3.63) is 11.6 Å². The van der Waals surface area contributed by atoms with E-state index in [-0.39, 0.29) is 19.3 Å². The minimum atomic E-state index is -5.91. The number of esters is 1. The summed E-state index contributed by atoms with van der Waals surface area (Å²) in [7, 11) is -5.91. The van der Waals surface area contributed by atoms with Gasteiger partial charge in [-0.1, -0.05) is 11.6 Å². The van der Waals surface area contributed by atoms with Gasteiger partial charge in [0.1, 0.15) is 5.60 Å². The summed E-state index contributed by atoms with van der Waals surface area (Å²) in [6.45, 7) is 6.18. The molecule has 0 bridgehead atoms. The van der Waals surface area contributed by atoms with Crippen molar-refractivity contribution in [2.75, 3.05) is 0 Å². The van der Waals surface area contributed by atoms with E-state index in [0.717, 1.165) is 0 Å². The summed E-state index contributed by atoms with van der Waals surface area (Å²) >= 11 is 0. The molecule has 22 heavy (non-hydrogen) atoms. The lowest BCUT2D eigenvalue weighted by Crippen LogP contribution is -2.50. The van der Waals surface area contributed by atoms with Gasteiger partial charge in [0.2, 0.25) is 0 Å². The minimum Gasteiger partial charge on any atom is -0.458 e. The molecule has 1 aliphatic rings. The fourth-order valence-corrected chi connectivity index (χ4v) is 2.80. The number of carbonyl (C=O) groups is 1. The normalized spacial score (nSPS) is 23.9. The zero-order valence-corrected chi connectivity index (χ0v) is 13.6. The lowest BCUT2D eigenvalue weighted by atomic mass is 9.85. The van der Waals surface area contributed by atoms with Crippen molar-refractivity contribution in [1.82, 2.24) is 0 Å². The summed E-state index contributed by atoms with van der Waals surface area (Å²) in [4.78, 5) is 12.3. The maximum Gasteiger partial charge on any atom is 0.523 e. The van der Waals surface area contributed by atoms with E-state index in [0.29, 0.717) is 5.57 Å². The maximum absolute atomic E-state index is 12.6. The van der Waals surface area contributed by atoms with E-state index in [4.69, 9.17) is 4.74 Å². The second-order valence-electron chi connectivity index (χ2n) is 6.25. The third-order valence-corrected chi connectivity index (χ3v) is 4.03. The molecule has 9 heteroatoms. The van der Waals surface area contributed by atoms with Crippen LogP contribution in [0.5, 0.6) is 0 Å². The van der Waals surface area contributed by atoms with Crippen molar-refractivity contribution < 1.29 is 35.3 Å². The first kappa shape index (κ1) is 19.0. The van der Waals surface area contributed by atoms with Crippen molar-refractivity contribution in [2.24, 2.45) is 0 Å². The Morgan fingerprint density at radius 3 is 2.23 bits per heavy atom. The van der Waals surface area contributed by atoms with Crippen LogP contribution in [0, 0.1) is 0 Å². The predicted octanol–water partition coefficient (Wildman–Crippen LogP) is 3.06. The molecular weight excluding hydrogens is 325 g/mol. The largest absolute Gasteiger partial charge is 0.523 e. The average Bonchev–Trinajstić information content (AvgIpc) is 2.24. The van der Waals surface area contributed by atoms with Gasteiger partial charge in [-0.05, 0) is 40.5 Å². The molecule has 0 heterocycles. The van der Waals surface area contributed by atoms with E-state index in [2.05, 4.69) is 4.18 Å². The summed E-state index contributed by atoms with van der Waals surface area (Å²) < 4.78 is 69.8. The van der Waals surface area contributed by atoms with Crippen LogP contribution in [-0.4, -0.2) is 31.1 Å². The highest BCUT2D eigenvalue weighted by Crippen LogP contribution is 2.38. The molecule has 0 radical (unpaired) electrons. The SMILES string of the molecule is CC1=CCCC(OS(=O)(=O)C(F)(F)F)(C(=O)OC(C)(C)C)C1. The Balaban J connectivity index is 3.20. The smallest absolute Gasteiger partial charge is 0.458 e. The van der Waals surface area contributed by atoms with E-state index in [9.17, 15) is 26.4 Å². The number of alkyl halides is 3. The fraction of sp³-hybridized carbons (Fsp3) is 0.769. The molecule has 0 saturated heterocycles. The Morgan fingerprint density at radius 2 is 1.82 bits per heavy atom. The van der Waals surface area contributed by atoms with E-state index in [1.54, 1.807) is 13.0 Å². The van der Waals surface area contributed by atoms with Crippen LogP contribution >= 0.6 is 0 Å². The van der Waals surface area contributed by atoms with Gasteiger partial charge in [-0.2, -0.15) is 21.6 Å². The van der Waals surface area contributed by atoms with Gasteiger partial charge in [0.25, 0.3) is 0 Å². The Hall–Kier alpha value is -1.09. The average molecular weight is 344 g/mol. The quantitative estimate of drug-likeness (QED) is 0.341. The van der Waals surface area contributed by atoms with Crippen LogP contribution in [0.25, 0.3) is 0 Å². The summed E-state index contributed by atoms with van der Waals surface area (Å²) in [5.74, 6) is -1.11. The number of halogens is 3. The van der Waals surface area contributed by atoms with Crippen LogP contribution < -0.4 is 0 Å². The lowest BCUT2D eigenvalue weighted by molar-refractivity contribution is -0.176.